The second kappa shape index (κ2) is 6.83. The summed E-state index contributed by atoms with van der Waals surface area (Å²) < 4.78 is 5.54. The van der Waals surface area contributed by atoms with E-state index in [4.69, 9.17) is 4.74 Å². The first-order chi connectivity index (χ1) is 10.2. The highest BCUT2D eigenvalue weighted by molar-refractivity contribution is 7.09. The molecule has 1 aromatic heterocycles. The van der Waals surface area contributed by atoms with Gasteiger partial charge >= 0.3 is 0 Å². The molecule has 2 aliphatic heterocycles. The molecular weight excluding hydrogens is 288 g/mol. The molecule has 1 atom stereocenters. The van der Waals surface area contributed by atoms with Crippen molar-refractivity contribution in [3.05, 3.63) is 16.1 Å². The van der Waals surface area contributed by atoms with Gasteiger partial charge in [-0.2, -0.15) is 0 Å². The Bertz CT molecular complexity index is 479. The third-order valence-electron chi connectivity index (χ3n) is 3.94. The number of aromatic nitrogens is 1. The first-order valence-corrected chi connectivity index (χ1v) is 8.35. The number of carbonyl (C=O) groups is 1. The van der Waals surface area contributed by atoms with Crippen LogP contribution in [0.25, 0.3) is 0 Å². The largest absolute Gasteiger partial charge is 0.366 e. The van der Waals surface area contributed by atoms with Crippen LogP contribution in [0, 0.1) is 6.92 Å². The molecule has 0 spiro atoms. The third-order valence-corrected chi connectivity index (χ3v) is 4.76. The summed E-state index contributed by atoms with van der Waals surface area (Å²) in [6.45, 7) is 8.38. The maximum absolute atomic E-state index is 12.4. The zero-order chi connectivity index (χ0) is 14.7. The van der Waals surface area contributed by atoms with Crippen LogP contribution in [0.3, 0.4) is 0 Å². The van der Waals surface area contributed by atoms with Crippen molar-refractivity contribution in [2.24, 2.45) is 0 Å². The predicted molar refractivity (Wildman–Crippen MR) is 81.3 cm³/mol. The molecule has 1 N–H and O–H groups in total. The Balaban J connectivity index is 1.47. The molecule has 0 aliphatic carbocycles. The molecule has 2 fully saturated rings. The van der Waals surface area contributed by atoms with Crippen LogP contribution < -0.4 is 5.32 Å². The molecule has 1 aromatic rings. The number of nitrogens with zero attached hydrogens (tertiary/aromatic N) is 3. The number of aryl methyl sites for hydroxylation is 1. The molecule has 21 heavy (non-hydrogen) atoms. The monoisotopic (exact) mass is 310 g/mol. The van der Waals surface area contributed by atoms with Crippen molar-refractivity contribution >= 4 is 17.2 Å². The van der Waals surface area contributed by atoms with Gasteiger partial charge in [-0.1, -0.05) is 0 Å². The van der Waals surface area contributed by atoms with Gasteiger partial charge in [-0.25, -0.2) is 4.98 Å². The maximum Gasteiger partial charge on any atom is 0.253 e. The van der Waals surface area contributed by atoms with Gasteiger partial charge < -0.3 is 15.0 Å². The summed E-state index contributed by atoms with van der Waals surface area (Å²) in [4.78, 5) is 21.1. The lowest BCUT2D eigenvalue weighted by Crippen LogP contribution is -2.54. The van der Waals surface area contributed by atoms with Gasteiger partial charge in [-0.15, -0.1) is 11.3 Å². The van der Waals surface area contributed by atoms with Gasteiger partial charge in [0, 0.05) is 51.2 Å². The third kappa shape index (κ3) is 3.79. The molecule has 1 amide bonds. The minimum Gasteiger partial charge on any atom is -0.366 e. The van der Waals surface area contributed by atoms with Crippen molar-refractivity contribution in [2.75, 3.05) is 45.9 Å². The van der Waals surface area contributed by atoms with E-state index < -0.39 is 0 Å². The molecule has 0 aromatic carbocycles. The molecule has 3 heterocycles. The lowest BCUT2D eigenvalue weighted by Gasteiger charge is -2.36. The Kier molecular flexibility index (Phi) is 4.84. The quantitative estimate of drug-likeness (QED) is 0.857. The number of hydrogen-bond acceptors (Lipinski definition) is 6. The molecule has 7 heteroatoms. The topological polar surface area (TPSA) is 57.7 Å². The van der Waals surface area contributed by atoms with E-state index in [1.165, 1.54) is 0 Å². The molecule has 0 radical (unpaired) electrons. The van der Waals surface area contributed by atoms with Crippen LogP contribution >= 0.6 is 11.3 Å². The number of ether oxygens (including phenoxy) is 1. The standard InChI is InChI=1S/C14H22N4O2S/c1-11-16-12(10-21-11)9-17-3-5-18(6-4-17)14(19)13-8-15-2-7-20-13/h10,13,15H,2-9H2,1H3. The van der Waals surface area contributed by atoms with Crippen LogP contribution in [0.15, 0.2) is 5.38 Å². The average Bonchev–Trinajstić information content (AvgIpc) is 2.93. The highest BCUT2D eigenvalue weighted by atomic mass is 32.1. The van der Waals surface area contributed by atoms with Crippen LogP contribution in [0.1, 0.15) is 10.7 Å². The Hall–Kier alpha value is -1.02. The Morgan fingerprint density at radius 2 is 2.29 bits per heavy atom. The van der Waals surface area contributed by atoms with E-state index in [1.54, 1.807) is 11.3 Å². The fraction of sp³-hybridized carbons (Fsp3) is 0.714. The van der Waals surface area contributed by atoms with E-state index in [1.807, 2.05) is 11.8 Å². The Labute approximate surface area is 129 Å². The van der Waals surface area contributed by atoms with Gasteiger partial charge in [0.25, 0.3) is 5.91 Å². The molecule has 1 unspecified atom stereocenters. The van der Waals surface area contributed by atoms with Crippen LogP contribution in [-0.4, -0.2) is 72.7 Å². The average molecular weight is 310 g/mol. The van der Waals surface area contributed by atoms with E-state index in [9.17, 15) is 4.79 Å². The summed E-state index contributed by atoms with van der Waals surface area (Å²) in [5, 5.41) is 6.44. The molecule has 0 saturated carbocycles. The van der Waals surface area contributed by atoms with Gasteiger partial charge in [0.1, 0.15) is 6.10 Å². The van der Waals surface area contributed by atoms with Crippen molar-refractivity contribution in [1.29, 1.82) is 0 Å². The second-order valence-electron chi connectivity index (χ2n) is 5.52. The molecule has 2 saturated heterocycles. The first kappa shape index (κ1) is 14.9. The van der Waals surface area contributed by atoms with Gasteiger partial charge in [-0.05, 0) is 6.92 Å². The van der Waals surface area contributed by atoms with Gasteiger partial charge in [0.2, 0.25) is 0 Å². The molecule has 116 valence electrons. The lowest BCUT2D eigenvalue weighted by molar-refractivity contribution is -0.147. The van der Waals surface area contributed by atoms with Gasteiger partial charge in [0.15, 0.2) is 0 Å². The molecule has 6 nitrogen and oxygen atoms in total. The smallest absolute Gasteiger partial charge is 0.253 e. The van der Waals surface area contributed by atoms with Crippen LogP contribution in [0.5, 0.6) is 0 Å². The molecule has 2 aliphatic rings. The normalized spacial score (nSPS) is 24.2. The number of rotatable bonds is 3. The maximum atomic E-state index is 12.4. The van der Waals surface area contributed by atoms with E-state index >= 15 is 0 Å². The highest BCUT2D eigenvalue weighted by Gasteiger charge is 2.29. The summed E-state index contributed by atoms with van der Waals surface area (Å²) in [7, 11) is 0. The molecule has 3 rings (SSSR count). The van der Waals surface area contributed by atoms with Gasteiger partial charge in [-0.3, -0.25) is 9.69 Å². The number of thiazole rings is 1. The molecular formula is C14H22N4O2S. The van der Waals surface area contributed by atoms with E-state index in [0.29, 0.717) is 13.2 Å². The SMILES string of the molecule is Cc1nc(CN2CCN(C(=O)C3CNCCO3)CC2)cs1. The van der Waals surface area contributed by atoms with Gasteiger partial charge in [0.05, 0.1) is 17.3 Å². The summed E-state index contributed by atoms with van der Waals surface area (Å²) in [5.74, 6) is 0.131. The second-order valence-corrected chi connectivity index (χ2v) is 6.59. The lowest BCUT2D eigenvalue weighted by atomic mass is 10.2. The van der Waals surface area contributed by atoms with E-state index in [2.05, 4.69) is 20.6 Å². The number of carbonyl (C=O) groups excluding carboxylic acids is 1. The zero-order valence-corrected chi connectivity index (χ0v) is 13.2. The first-order valence-electron chi connectivity index (χ1n) is 7.47. The fourth-order valence-corrected chi connectivity index (χ4v) is 3.37. The van der Waals surface area contributed by atoms with E-state index in [-0.39, 0.29) is 12.0 Å². The number of piperazine rings is 1. The number of amides is 1. The summed E-state index contributed by atoms with van der Waals surface area (Å²) in [5.41, 5.74) is 1.14. The predicted octanol–water partition coefficient (Wildman–Crippen LogP) is 0.0841. The number of hydrogen-bond donors (Lipinski definition) is 1. The van der Waals surface area contributed by atoms with E-state index in [0.717, 1.165) is 50.0 Å². The van der Waals surface area contributed by atoms with Crippen molar-refractivity contribution in [2.45, 2.75) is 19.6 Å². The van der Waals surface area contributed by atoms with Crippen LogP contribution in [0.2, 0.25) is 0 Å². The van der Waals surface area contributed by atoms with Crippen LogP contribution in [0.4, 0.5) is 0 Å². The van der Waals surface area contributed by atoms with Crippen molar-refractivity contribution in [3.8, 4) is 0 Å². The Morgan fingerprint density at radius 3 is 2.90 bits per heavy atom. The van der Waals surface area contributed by atoms with Crippen molar-refractivity contribution < 1.29 is 9.53 Å². The minimum atomic E-state index is -0.300. The fourth-order valence-electron chi connectivity index (χ4n) is 2.76. The van der Waals surface area contributed by atoms with Crippen LogP contribution in [-0.2, 0) is 16.1 Å². The summed E-state index contributed by atoms with van der Waals surface area (Å²) >= 11 is 1.69. The van der Waals surface area contributed by atoms with Crippen molar-refractivity contribution in [3.63, 3.8) is 0 Å². The molecule has 0 bridgehead atoms. The summed E-state index contributed by atoms with van der Waals surface area (Å²) in [6.07, 6.45) is -0.300. The Morgan fingerprint density at radius 1 is 1.48 bits per heavy atom. The number of nitrogens with one attached hydrogen (secondary N) is 1. The zero-order valence-electron chi connectivity index (χ0n) is 12.4. The highest BCUT2D eigenvalue weighted by Crippen LogP contribution is 2.13. The summed E-state index contributed by atoms with van der Waals surface area (Å²) in [6, 6.07) is 0. The number of morpholine rings is 1. The van der Waals surface area contributed by atoms with Crippen molar-refractivity contribution in [1.82, 2.24) is 20.1 Å². The minimum absolute atomic E-state index is 0.131.